The Bertz CT molecular complexity index is 946. The van der Waals surface area contributed by atoms with Gasteiger partial charge in [-0.05, 0) is 24.1 Å². The Balaban J connectivity index is 1.49. The lowest BCUT2D eigenvalue weighted by molar-refractivity contribution is -0.127. The number of thioether (sulfide) groups is 1. The van der Waals surface area contributed by atoms with Crippen molar-refractivity contribution in [3.8, 4) is 22.9 Å². The highest BCUT2D eigenvalue weighted by molar-refractivity contribution is 7.99. The Morgan fingerprint density at radius 3 is 2.59 bits per heavy atom. The molecule has 1 amide bonds. The summed E-state index contributed by atoms with van der Waals surface area (Å²) in [6.45, 7) is 0.609. The fourth-order valence-corrected chi connectivity index (χ4v) is 3.47. The summed E-state index contributed by atoms with van der Waals surface area (Å²) in [5.74, 6) is 2.39. The van der Waals surface area contributed by atoms with Crippen molar-refractivity contribution in [1.82, 2.24) is 20.1 Å². The molecule has 0 atom stereocenters. The molecule has 0 unspecified atom stereocenters. The van der Waals surface area contributed by atoms with Crippen molar-refractivity contribution in [3.05, 3.63) is 54.1 Å². The van der Waals surface area contributed by atoms with Gasteiger partial charge in [-0.1, -0.05) is 48.2 Å². The molecule has 0 saturated carbocycles. The maximum Gasteiger partial charge on any atom is 0.232 e. The van der Waals surface area contributed by atoms with Crippen LogP contribution in [0, 0.1) is 0 Å². The van der Waals surface area contributed by atoms with Gasteiger partial charge in [0.25, 0.3) is 0 Å². The van der Waals surface area contributed by atoms with Crippen LogP contribution in [0.1, 0.15) is 5.56 Å². The SMILES string of the molecule is COc1ccc(CCN(C)C(=O)CSc2n[nH]c(-c3ccccc3)n2)cc1OC. The number of H-pyrrole nitrogens is 1. The average Bonchev–Trinajstić information content (AvgIpc) is 3.25. The van der Waals surface area contributed by atoms with Crippen LogP contribution in [0.4, 0.5) is 0 Å². The van der Waals surface area contributed by atoms with Gasteiger partial charge in [-0.25, -0.2) is 4.98 Å². The molecule has 152 valence electrons. The number of hydrogen-bond donors (Lipinski definition) is 1. The van der Waals surface area contributed by atoms with E-state index < -0.39 is 0 Å². The number of rotatable bonds is 9. The van der Waals surface area contributed by atoms with Crippen LogP contribution in [0.15, 0.2) is 53.7 Å². The van der Waals surface area contributed by atoms with Crippen molar-refractivity contribution in [2.75, 3.05) is 33.6 Å². The highest BCUT2D eigenvalue weighted by Crippen LogP contribution is 2.27. The minimum atomic E-state index is 0.0292. The van der Waals surface area contributed by atoms with Crippen molar-refractivity contribution in [2.45, 2.75) is 11.6 Å². The van der Waals surface area contributed by atoms with Gasteiger partial charge in [0.2, 0.25) is 11.1 Å². The number of aromatic amines is 1. The number of carbonyl (C=O) groups is 1. The van der Waals surface area contributed by atoms with E-state index in [2.05, 4.69) is 15.2 Å². The lowest BCUT2D eigenvalue weighted by atomic mass is 10.1. The molecule has 1 aromatic heterocycles. The summed E-state index contributed by atoms with van der Waals surface area (Å²) in [7, 11) is 5.02. The third-order valence-electron chi connectivity index (χ3n) is 4.45. The highest BCUT2D eigenvalue weighted by atomic mass is 32.2. The van der Waals surface area contributed by atoms with Crippen molar-refractivity contribution in [1.29, 1.82) is 0 Å². The normalized spacial score (nSPS) is 10.6. The average molecular weight is 413 g/mol. The number of aromatic nitrogens is 3. The molecule has 3 rings (SSSR count). The van der Waals surface area contributed by atoms with E-state index in [9.17, 15) is 4.79 Å². The summed E-state index contributed by atoms with van der Waals surface area (Å²) in [6.07, 6.45) is 0.728. The standard InChI is InChI=1S/C21H24N4O3S/c1-25(12-11-15-9-10-17(27-2)18(13-15)28-3)19(26)14-29-21-22-20(23-24-21)16-7-5-4-6-8-16/h4-10,13H,11-12,14H2,1-3H3,(H,22,23,24). The zero-order chi connectivity index (χ0) is 20.6. The molecule has 1 heterocycles. The molecule has 2 aromatic carbocycles. The topological polar surface area (TPSA) is 80.3 Å². The number of nitrogens with zero attached hydrogens (tertiary/aromatic N) is 3. The quantitative estimate of drug-likeness (QED) is 0.543. The molecule has 0 saturated heterocycles. The molecule has 3 aromatic rings. The number of methoxy groups -OCH3 is 2. The van der Waals surface area contributed by atoms with Crippen LogP contribution in [0.5, 0.6) is 11.5 Å². The van der Waals surface area contributed by atoms with Gasteiger partial charge in [0, 0.05) is 19.2 Å². The second-order valence-electron chi connectivity index (χ2n) is 6.38. The number of amides is 1. The van der Waals surface area contributed by atoms with Crippen molar-refractivity contribution < 1.29 is 14.3 Å². The van der Waals surface area contributed by atoms with Crippen LogP contribution in [-0.4, -0.2) is 59.6 Å². The van der Waals surface area contributed by atoms with Crippen molar-refractivity contribution in [2.24, 2.45) is 0 Å². The number of carbonyl (C=O) groups excluding carboxylic acids is 1. The predicted molar refractivity (Wildman–Crippen MR) is 113 cm³/mol. The molecular weight excluding hydrogens is 388 g/mol. The number of ether oxygens (including phenoxy) is 2. The first-order valence-electron chi connectivity index (χ1n) is 9.16. The molecule has 8 heteroatoms. The number of hydrogen-bond acceptors (Lipinski definition) is 6. The van der Waals surface area contributed by atoms with E-state index in [1.165, 1.54) is 11.8 Å². The van der Waals surface area contributed by atoms with Crippen molar-refractivity contribution >= 4 is 17.7 Å². The van der Waals surface area contributed by atoms with Crippen LogP contribution in [-0.2, 0) is 11.2 Å². The predicted octanol–water partition coefficient (Wildman–Crippen LogP) is 3.28. The molecule has 29 heavy (non-hydrogen) atoms. The van der Waals surface area contributed by atoms with Gasteiger partial charge in [0.1, 0.15) is 0 Å². The van der Waals surface area contributed by atoms with Gasteiger partial charge in [0.05, 0.1) is 20.0 Å². The van der Waals surface area contributed by atoms with Gasteiger partial charge in [-0.2, -0.15) is 0 Å². The van der Waals surface area contributed by atoms with E-state index in [0.717, 1.165) is 17.5 Å². The second-order valence-corrected chi connectivity index (χ2v) is 7.32. The molecule has 0 spiro atoms. The Kier molecular flexibility index (Phi) is 7.13. The van der Waals surface area contributed by atoms with E-state index in [4.69, 9.17) is 9.47 Å². The van der Waals surface area contributed by atoms with Crippen LogP contribution in [0.3, 0.4) is 0 Å². The first kappa shape index (κ1) is 20.7. The Morgan fingerprint density at radius 1 is 1.10 bits per heavy atom. The van der Waals surface area contributed by atoms with E-state index in [-0.39, 0.29) is 11.7 Å². The zero-order valence-corrected chi connectivity index (χ0v) is 17.5. The van der Waals surface area contributed by atoms with Gasteiger partial charge >= 0.3 is 0 Å². The van der Waals surface area contributed by atoms with Crippen LogP contribution < -0.4 is 9.47 Å². The fraction of sp³-hybridized carbons (Fsp3) is 0.286. The molecule has 7 nitrogen and oxygen atoms in total. The minimum Gasteiger partial charge on any atom is -0.493 e. The first-order chi connectivity index (χ1) is 14.1. The monoisotopic (exact) mass is 412 g/mol. The van der Waals surface area contributed by atoms with Crippen LogP contribution >= 0.6 is 11.8 Å². The zero-order valence-electron chi connectivity index (χ0n) is 16.7. The molecule has 0 aliphatic carbocycles. The van der Waals surface area contributed by atoms with Gasteiger partial charge in [-0.3, -0.25) is 9.89 Å². The Labute approximate surface area is 174 Å². The third kappa shape index (κ3) is 5.51. The Hall–Kier alpha value is -3.00. The summed E-state index contributed by atoms with van der Waals surface area (Å²) in [5.41, 5.74) is 2.04. The summed E-state index contributed by atoms with van der Waals surface area (Å²) in [5, 5.41) is 7.66. The van der Waals surface area contributed by atoms with Crippen LogP contribution in [0.2, 0.25) is 0 Å². The second kappa shape index (κ2) is 9.97. The van der Waals surface area contributed by atoms with E-state index >= 15 is 0 Å². The largest absolute Gasteiger partial charge is 0.493 e. The molecule has 0 bridgehead atoms. The lowest BCUT2D eigenvalue weighted by Gasteiger charge is -2.17. The first-order valence-corrected chi connectivity index (χ1v) is 10.1. The summed E-state index contributed by atoms with van der Waals surface area (Å²) >= 11 is 1.32. The van der Waals surface area contributed by atoms with Gasteiger partial charge in [-0.15, -0.1) is 5.10 Å². The number of nitrogens with one attached hydrogen (secondary N) is 1. The van der Waals surface area contributed by atoms with Gasteiger partial charge < -0.3 is 14.4 Å². The molecular formula is C21H24N4O3S. The maximum atomic E-state index is 12.4. The van der Waals surface area contributed by atoms with Crippen LogP contribution in [0.25, 0.3) is 11.4 Å². The molecule has 0 aliphatic heterocycles. The fourth-order valence-electron chi connectivity index (χ4n) is 2.73. The van der Waals surface area contributed by atoms with Gasteiger partial charge in [0.15, 0.2) is 17.3 Å². The summed E-state index contributed by atoms with van der Waals surface area (Å²) < 4.78 is 10.6. The lowest BCUT2D eigenvalue weighted by Crippen LogP contribution is -2.30. The highest BCUT2D eigenvalue weighted by Gasteiger charge is 2.13. The summed E-state index contributed by atoms with van der Waals surface area (Å²) in [4.78, 5) is 18.6. The smallest absolute Gasteiger partial charge is 0.232 e. The molecule has 0 radical (unpaired) electrons. The third-order valence-corrected chi connectivity index (χ3v) is 5.28. The molecule has 0 fully saturated rings. The molecule has 0 aliphatic rings. The maximum absolute atomic E-state index is 12.4. The van der Waals surface area contributed by atoms with E-state index in [1.54, 1.807) is 26.2 Å². The van der Waals surface area contributed by atoms with E-state index in [1.807, 2.05) is 48.5 Å². The number of likely N-dealkylation sites (N-methyl/N-ethyl adjacent to an activating group) is 1. The van der Waals surface area contributed by atoms with Crippen molar-refractivity contribution in [3.63, 3.8) is 0 Å². The Morgan fingerprint density at radius 2 is 1.86 bits per heavy atom. The minimum absolute atomic E-state index is 0.0292. The number of benzene rings is 2. The molecule has 1 N–H and O–H groups in total. The van der Waals surface area contributed by atoms with E-state index in [0.29, 0.717) is 29.0 Å². The summed E-state index contributed by atoms with van der Waals surface area (Å²) in [6, 6.07) is 15.6.